The second-order valence-corrected chi connectivity index (χ2v) is 2.10. The van der Waals surface area contributed by atoms with Crippen molar-refractivity contribution in [2.24, 2.45) is 0 Å². The third-order valence-electron chi connectivity index (χ3n) is 1.24. The number of aliphatic hydroxyl groups is 1. The van der Waals surface area contributed by atoms with Gasteiger partial charge in [-0.25, -0.2) is 5.32 Å². The van der Waals surface area contributed by atoms with Gasteiger partial charge >= 0.3 is 0 Å². The first-order valence-electron chi connectivity index (χ1n) is 2.63. The van der Waals surface area contributed by atoms with E-state index in [0.29, 0.717) is 12.6 Å². The molecule has 0 aromatic rings. The van der Waals surface area contributed by atoms with Crippen LogP contribution in [0.3, 0.4) is 0 Å². The van der Waals surface area contributed by atoms with Crippen LogP contribution in [0.1, 0.15) is 13.3 Å². The zero-order valence-corrected chi connectivity index (χ0v) is 4.46. The highest BCUT2D eigenvalue weighted by atomic mass is 16.3. The summed E-state index contributed by atoms with van der Waals surface area (Å²) < 4.78 is 0. The fourth-order valence-corrected chi connectivity index (χ4v) is 0.844. The van der Waals surface area contributed by atoms with E-state index in [2.05, 4.69) is 5.32 Å². The quantitative estimate of drug-likeness (QED) is 0.447. The molecule has 41 valence electrons. The fourth-order valence-electron chi connectivity index (χ4n) is 0.844. The Kier molecular flexibility index (Phi) is 1.30. The largest absolute Gasteiger partial charge is 0.392 e. The van der Waals surface area contributed by atoms with Crippen LogP contribution in [-0.2, 0) is 0 Å². The van der Waals surface area contributed by atoms with Gasteiger partial charge in [0.25, 0.3) is 0 Å². The minimum absolute atomic E-state index is 0.144. The lowest BCUT2D eigenvalue weighted by atomic mass is 10.2. The molecule has 0 bridgehead atoms. The Labute approximate surface area is 43.5 Å². The van der Waals surface area contributed by atoms with Gasteiger partial charge in [0.2, 0.25) is 0 Å². The Bertz CT molecular complexity index is 57.1. The molecule has 1 fully saturated rings. The average Bonchev–Trinajstić information content (AvgIpc) is 1.87. The van der Waals surface area contributed by atoms with Gasteiger partial charge in [-0.15, -0.1) is 0 Å². The highest BCUT2D eigenvalue weighted by molar-refractivity contribution is 4.75. The summed E-state index contributed by atoms with van der Waals surface area (Å²) in [6.45, 7) is 2.68. The molecule has 2 unspecified atom stereocenters. The number of nitrogens with zero attached hydrogens (tertiary/aromatic N) is 1. The van der Waals surface area contributed by atoms with Crippen LogP contribution >= 0.6 is 0 Å². The van der Waals surface area contributed by atoms with Crippen molar-refractivity contribution >= 4 is 0 Å². The van der Waals surface area contributed by atoms with E-state index in [1.807, 2.05) is 6.92 Å². The van der Waals surface area contributed by atoms with Crippen LogP contribution in [0.4, 0.5) is 0 Å². The molecule has 1 aliphatic heterocycles. The molecule has 0 aromatic heterocycles. The van der Waals surface area contributed by atoms with Gasteiger partial charge in [0.05, 0.1) is 6.10 Å². The predicted octanol–water partition coefficient (Wildman–Crippen LogP) is -0.256. The summed E-state index contributed by atoms with van der Waals surface area (Å²) in [7, 11) is 0. The van der Waals surface area contributed by atoms with Crippen molar-refractivity contribution in [1.82, 2.24) is 5.32 Å². The van der Waals surface area contributed by atoms with Crippen LogP contribution in [0.5, 0.6) is 0 Å². The molecule has 2 heteroatoms. The maximum absolute atomic E-state index is 8.81. The van der Waals surface area contributed by atoms with E-state index in [1.165, 1.54) is 0 Å². The molecule has 0 aliphatic carbocycles. The van der Waals surface area contributed by atoms with Gasteiger partial charge in [0.1, 0.15) is 0 Å². The third kappa shape index (κ3) is 1.14. The maximum atomic E-state index is 8.81. The van der Waals surface area contributed by atoms with E-state index in [9.17, 15) is 0 Å². The summed E-state index contributed by atoms with van der Waals surface area (Å²) in [5.74, 6) is 0. The highest BCUT2D eigenvalue weighted by Crippen LogP contribution is 2.05. The van der Waals surface area contributed by atoms with E-state index in [4.69, 9.17) is 5.11 Å². The van der Waals surface area contributed by atoms with Crippen molar-refractivity contribution in [1.29, 1.82) is 0 Å². The van der Waals surface area contributed by atoms with Gasteiger partial charge in [0, 0.05) is 12.6 Å². The summed E-state index contributed by atoms with van der Waals surface area (Å²) in [5, 5.41) is 12.9. The summed E-state index contributed by atoms with van der Waals surface area (Å²) in [4.78, 5) is 0. The molecule has 1 N–H and O–H groups in total. The molecule has 2 nitrogen and oxygen atoms in total. The first-order chi connectivity index (χ1) is 3.29. The maximum Gasteiger partial charge on any atom is 0.0696 e. The van der Waals surface area contributed by atoms with Gasteiger partial charge in [-0.05, 0) is 13.3 Å². The number of hydrogen-bond acceptors (Lipinski definition) is 1. The van der Waals surface area contributed by atoms with E-state index < -0.39 is 0 Å². The second-order valence-electron chi connectivity index (χ2n) is 2.10. The molecule has 2 atom stereocenters. The third-order valence-corrected chi connectivity index (χ3v) is 1.24. The van der Waals surface area contributed by atoms with Crippen molar-refractivity contribution in [3.63, 3.8) is 0 Å². The number of hydrogen-bond donors (Lipinski definition) is 1. The molecule has 1 heterocycles. The van der Waals surface area contributed by atoms with E-state index in [1.54, 1.807) is 0 Å². The zero-order chi connectivity index (χ0) is 5.28. The monoisotopic (exact) mass is 100 g/mol. The molecule has 1 aliphatic rings. The van der Waals surface area contributed by atoms with Crippen molar-refractivity contribution in [3.05, 3.63) is 0 Å². The summed E-state index contributed by atoms with van der Waals surface area (Å²) in [5.41, 5.74) is 0. The molecular weight excluding hydrogens is 90.1 g/mol. The van der Waals surface area contributed by atoms with Gasteiger partial charge in [-0.1, -0.05) is 0 Å². The van der Waals surface area contributed by atoms with Gasteiger partial charge in [-0.3, -0.25) is 0 Å². The Morgan fingerprint density at radius 3 is 2.57 bits per heavy atom. The Morgan fingerprint density at radius 2 is 2.43 bits per heavy atom. The first kappa shape index (κ1) is 5.06. The lowest BCUT2D eigenvalue weighted by molar-refractivity contribution is 0.193. The summed E-state index contributed by atoms with van der Waals surface area (Å²) in [6, 6.07) is 0.398. The SMILES string of the molecule is CC1CC(O)C[N]1. The van der Waals surface area contributed by atoms with Gasteiger partial charge < -0.3 is 5.11 Å². The van der Waals surface area contributed by atoms with Crippen molar-refractivity contribution in [3.8, 4) is 0 Å². The van der Waals surface area contributed by atoms with Crippen molar-refractivity contribution < 1.29 is 5.11 Å². The van der Waals surface area contributed by atoms with Crippen LogP contribution < -0.4 is 5.32 Å². The molecule has 1 saturated heterocycles. The summed E-state index contributed by atoms with van der Waals surface area (Å²) >= 11 is 0. The van der Waals surface area contributed by atoms with E-state index in [0.717, 1.165) is 6.42 Å². The average molecular weight is 100 g/mol. The van der Waals surface area contributed by atoms with E-state index >= 15 is 0 Å². The molecule has 0 amide bonds. The standard InChI is InChI=1S/C5H10NO/c1-4-2-5(7)3-6-4/h4-5,7H,2-3H2,1H3. The zero-order valence-electron chi connectivity index (χ0n) is 4.46. The minimum Gasteiger partial charge on any atom is -0.392 e. The molecule has 0 aromatic carbocycles. The molecule has 7 heavy (non-hydrogen) atoms. The fraction of sp³-hybridized carbons (Fsp3) is 1.00. The summed E-state index contributed by atoms with van der Waals surface area (Å²) in [6.07, 6.45) is 0.718. The van der Waals surface area contributed by atoms with Crippen molar-refractivity contribution in [2.45, 2.75) is 25.5 Å². The van der Waals surface area contributed by atoms with Crippen LogP contribution in [0.25, 0.3) is 0 Å². The van der Waals surface area contributed by atoms with E-state index in [-0.39, 0.29) is 6.10 Å². The second kappa shape index (κ2) is 1.80. The lowest BCUT2D eigenvalue weighted by Crippen LogP contribution is -2.08. The normalized spacial score (nSPS) is 42.0. The van der Waals surface area contributed by atoms with Crippen LogP contribution in [0.2, 0.25) is 0 Å². The van der Waals surface area contributed by atoms with Crippen LogP contribution in [0, 0.1) is 0 Å². The molecule has 1 rings (SSSR count). The molecule has 0 saturated carbocycles. The Hall–Kier alpha value is -0.0800. The number of rotatable bonds is 0. The highest BCUT2D eigenvalue weighted by Gasteiger charge is 2.18. The first-order valence-corrected chi connectivity index (χ1v) is 2.63. The van der Waals surface area contributed by atoms with Crippen LogP contribution in [-0.4, -0.2) is 23.8 Å². The minimum atomic E-state index is -0.144. The lowest BCUT2D eigenvalue weighted by Gasteiger charge is -1.94. The van der Waals surface area contributed by atoms with Crippen molar-refractivity contribution in [2.75, 3.05) is 6.54 Å². The number of aliphatic hydroxyl groups excluding tert-OH is 1. The molecule has 0 spiro atoms. The van der Waals surface area contributed by atoms with Gasteiger partial charge in [-0.2, -0.15) is 0 Å². The Balaban J connectivity index is 2.26. The topological polar surface area (TPSA) is 34.3 Å². The molecule has 1 radical (unpaired) electrons. The van der Waals surface area contributed by atoms with Gasteiger partial charge in [0.15, 0.2) is 0 Å². The molecular formula is C5H10NO. The Morgan fingerprint density at radius 1 is 1.71 bits per heavy atom. The smallest absolute Gasteiger partial charge is 0.0696 e. The van der Waals surface area contributed by atoms with Crippen LogP contribution in [0.15, 0.2) is 0 Å². The predicted molar refractivity (Wildman–Crippen MR) is 27.1 cm³/mol.